The number of carbonyl (C=O) groups excluding carboxylic acids is 2. The van der Waals surface area contributed by atoms with Crippen LogP contribution >= 0.6 is 15.9 Å². The molecule has 2 aromatic carbocycles. The number of halogens is 1. The Morgan fingerprint density at radius 1 is 1.19 bits per heavy atom. The number of carbonyl (C=O) groups is 3. The van der Waals surface area contributed by atoms with Gasteiger partial charge in [-0.1, -0.05) is 12.1 Å². The van der Waals surface area contributed by atoms with E-state index in [2.05, 4.69) is 21.2 Å². The van der Waals surface area contributed by atoms with Gasteiger partial charge in [0.1, 0.15) is 12.3 Å². The van der Waals surface area contributed by atoms with Gasteiger partial charge < -0.3 is 19.9 Å². The minimum atomic E-state index is -1.01. The standard InChI is InChI=1S/C22H21BrN2O6/c1-3-25-20(26)17(24-22(25)29)10-14-9-16(23)19(18(11-14)30-4-2)31-12-13-6-5-7-15(8-13)21(27)28/h5-11H,3-4,12H2,1-2H3,(H,24,29)(H,27,28)/b17-10+. The van der Waals surface area contributed by atoms with Crippen LogP contribution in [0.5, 0.6) is 11.5 Å². The summed E-state index contributed by atoms with van der Waals surface area (Å²) in [4.78, 5) is 36.4. The van der Waals surface area contributed by atoms with Gasteiger partial charge >= 0.3 is 12.0 Å². The average Bonchev–Trinajstić information content (AvgIpc) is 3.00. The molecule has 8 nitrogen and oxygen atoms in total. The number of likely N-dealkylation sites (N-methyl/N-ethyl adjacent to an activating group) is 1. The third kappa shape index (κ3) is 5.05. The van der Waals surface area contributed by atoms with Crippen LogP contribution in [-0.2, 0) is 11.4 Å². The van der Waals surface area contributed by atoms with Crippen LogP contribution in [0.2, 0.25) is 0 Å². The third-order valence-corrected chi connectivity index (χ3v) is 5.07. The van der Waals surface area contributed by atoms with Crippen LogP contribution in [-0.4, -0.2) is 41.1 Å². The molecule has 1 aliphatic rings. The molecule has 162 valence electrons. The van der Waals surface area contributed by atoms with E-state index in [1.54, 1.807) is 43.3 Å². The predicted molar refractivity (Wildman–Crippen MR) is 117 cm³/mol. The van der Waals surface area contributed by atoms with Crippen LogP contribution in [0.3, 0.4) is 0 Å². The minimum absolute atomic E-state index is 0.139. The number of nitrogens with one attached hydrogen (secondary N) is 1. The summed E-state index contributed by atoms with van der Waals surface area (Å²) in [5.41, 5.74) is 1.69. The van der Waals surface area contributed by atoms with Gasteiger partial charge in [-0.25, -0.2) is 9.59 Å². The number of amides is 3. The molecule has 1 saturated heterocycles. The summed E-state index contributed by atoms with van der Waals surface area (Å²) < 4.78 is 12.2. The zero-order valence-electron chi connectivity index (χ0n) is 17.0. The molecule has 0 aliphatic carbocycles. The van der Waals surface area contributed by atoms with Crippen molar-refractivity contribution in [3.63, 3.8) is 0 Å². The summed E-state index contributed by atoms with van der Waals surface area (Å²) in [7, 11) is 0. The lowest BCUT2D eigenvalue weighted by Gasteiger charge is -2.15. The molecule has 9 heteroatoms. The zero-order valence-corrected chi connectivity index (χ0v) is 18.6. The van der Waals surface area contributed by atoms with Crippen LogP contribution < -0.4 is 14.8 Å². The number of carboxylic acid groups (broad SMARTS) is 1. The highest BCUT2D eigenvalue weighted by Crippen LogP contribution is 2.38. The number of carboxylic acids is 1. The fourth-order valence-electron chi connectivity index (χ4n) is 3.05. The number of aromatic carboxylic acids is 1. The number of hydrogen-bond acceptors (Lipinski definition) is 5. The van der Waals surface area contributed by atoms with Crippen molar-refractivity contribution < 1.29 is 29.0 Å². The molecule has 0 radical (unpaired) electrons. The van der Waals surface area contributed by atoms with E-state index in [1.807, 2.05) is 6.92 Å². The average molecular weight is 489 g/mol. The van der Waals surface area contributed by atoms with E-state index in [9.17, 15) is 14.4 Å². The number of benzene rings is 2. The summed E-state index contributed by atoms with van der Waals surface area (Å²) in [6.45, 7) is 4.37. The number of imide groups is 1. The minimum Gasteiger partial charge on any atom is -0.490 e. The molecule has 1 fully saturated rings. The second kappa shape index (κ2) is 9.65. The van der Waals surface area contributed by atoms with Gasteiger partial charge in [-0.05, 0) is 71.2 Å². The maximum Gasteiger partial charge on any atom is 0.335 e. The Morgan fingerprint density at radius 3 is 2.61 bits per heavy atom. The Bertz CT molecular complexity index is 1070. The third-order valence-electron chi connectivity index (χ3n) is 4.48. The number of rotatable bonds is 8. The second-order valence-electron chi connectivity index (χ2n) is 6.59. The van der Waals surface area contributed by atoms with E-state index in [1.165, 1.54) is 6.07 Å². The van der Waals surface area contributed by atoms with Gasteiger partial charge in [0.25, 0.3) is 5.91 Å². The highest BCUT2D eigenvalue weighted by atomic mass is 79.9. The van der Waals surface area contributed by atoms with Crippen LogP contribution in [0.25, 0.3) is 6.08 Å². The van der Waals surface area contributed by atoms with Crippen molar-refractivity contribution in [2.75, 3.05) is 13.2 Å². The van der Waals surface area contributed by atoms with E-state index >= 15 is 0 Å². The molecule has 3 amide bonds. The lowest BCUT2D eigenvalue weighted by Crippen LogP contribution is -2.30. The topological polar surface area (TPSA) is 105 Å². The predicted octanol–water partition coefficient (Wildman–Crippen LogP) is 4.04. The maximum absolute atomic E-state index is 12.3. The molecule has 0 saturated carbocycles. The van der Waals surface area contributed by atoms with Crippen molar-refractivity contribution in [2.24, 2.45) is 0 Å². The lowest BCUT2D eigenvalue weighted by atomic mass is 10.1. The van der Waals surface area contributed by atoms with E-state index < -0.39 is 12.0 Å². The molecule has 0 atom stereocenters. The van der Waals surface area contributed by atoms with Gasteiger partial charge in [-0.2, -0.15) is 0 Å². The maximum atomic E-state index is 12.3. The Kier molecular flexibility index (Phi) is 6.96. The molecular weight excluding hydrogens is 468 g/mol. The SMILES string of the molecule is CCOc1cc(/C=C2/NC(=O)N(CC)C2=O)cc(Br)c1OCc1cccc(C(=O)O)c1. The van der Waals surface area contributed by atoms with Crippen molar-refractivity contribution in [3.05, 3.63) is 63.3 Å². The van der Waals surface area contributed by atoms with Gasteiger partial charge in [0.05, 0.1) is 16.6 Å². The number of hydrogen-bond donors (Lipinski definition) is 2. The van der Waals surface area contributed by atoms with Crippen molar-refractivity contribution in [1.82, 2.24) is 10.2 Å². The Hall–Kier alpha value is -3.33. The van der Waals surface area contributed by atoms with Crippen molar-refractivity contribution >= 4 is 39.9 Å². The Morgan fingerprint density at radius 2 is 1.97 bits per heavy atom. The highest BCUT2D eigenvalue weighted by Gasteiger charge is 2.32. The number of nitrogens with zero attached hydrogens (tertiary/aromatic N) is 1. The molecular formula is C22H21BrN2O6. The first-order valence-corrected chi connectivity index (χ1v) is 10.4. The van der Waals surface area contributed by atoms with E-state index in [0.29, 0.717) is 33.7 Å². The van der Waals surface area contributed by atoms with Gasteiger partial charge in [-0.15, -0.1) is 0 Å². The van der Waals surface area contributed by atoms with Gasteiger partial charge in [0, 0.05) is 6.54 Å². The lowest BCUT2D eigenvalue weighted by molar-refractivity contribution is -0.122. The van der Waals surface area contributed by atoms with Crippen molar-refractivity contribution in [2.45, 2.75) is 20.5 Å². The molecule has 31 heavy (non-hydrogen) atoms. The fourth-order valence-corrected chi connectivity index (χ4v) is 3.62. The monoisotopic (exact) mass is 488 g/mol. The second-order valence-corrected chi connectivity index (χ2v) is 7.45. The molecule has 0 bridgehead atoms. The van der Waals surface area contributed by atoms with Crippen molar-refractivity contribution in [1.29, 1.82) is 0 Å². The first kappa shape index (κ1) is 22.4. The van der Waals surface area contributed by atoms with E-state index in [4.69, 9.17) is 14.6 Å². The smallest absolute Gasteiger partial charge is 0.335 e. The molecule has 0 unspecified atom stereocenters. The van der Waals surface area contributed by atoms with Crippen LogP contribution in [0.1, 0.15) is 35.3 Å². The highest BCUT2D eigenvalue weighted by molar-refractivity contribution is 9.10. The van der Waals surface area contributed by atoms with E-state index in [0.717, 1.165) is 4.90 Å². The summed E-state index contributed by atoms with van der Waals surface area (Å²) >= 11 is 3.47. The van der Waals surface area contributed by atoms with Crippen LogP contribution in [0.4, 0.5) is 4.79 Å². The number of ether oxygens (including phenoxy) is 2. The molecule has 0 aromatic heterocycles. The number of urea groups is 1. The Labute approximate surface area is 187 Å². The quantitative estimate of drug-likeness (QED) is 0.429. The molecule has 2 aromatic rings. The van der Waals surface area contributed by atoms with E-state index in [-0.39, 0.29) is 30.3 Å². The normalized spacial score (nSPS) is 14.7. The summed E-state index contributed by atoms with van der Waals surface area (Å²) in [6.07, 6.45) is 1.57. The molecule has 0 spiro atoms. The van der Waals surface area contributed by atoms with Crippen molar-refractivity contribution in [3.8, 4) is 11.5 Å². The van der Waals surface area contributed by atoms with Gasteiger partial charge in [-0.3, -0.25) is 9.69 Å². The molecule has 3 rings (SSSR count). The molecule has 1 heterocycles. The molecule has 2 N–H and O–H groups in total. The first-order chi connectivity index (χ1) is 14.8. The summed E-state index contributed by atoms with van der Waals surface area (Å²) in [5, 5.41) is 11.7. The van der Waals surface area contributed by atoms with Crippen LogP contribution in [0, 0.1) is 0 Å². The first-order valence-electron chi connectivity index (χ1n) is 9.60. The Balaban J connectivity index is 1.86. The fraction of sp³-hybridized carbons (Fsp3) is 0.227. The zero-order chi connectivity index (χ0) is 22.5. The summed E-state index contributed by atoms with van der Waals surface area (Å²) in [5.74, 6) is -0.505. The largest absolute Gasteiger partial charge is 0.490 e. The van der Waals surface area contributed by atoms with Gasteiger partial charge in [0.15, 0.2) is 11.5 Å². The van der Waals surface area contributed by atoms with Crippen LogP contribution in [0.15, 0.2) is 46.6 Å². The summed E-state index contributed by atoms with van der Waals surface area (Å²) in [6, 6.07) is 9.48. The molecule has 1 aliphatic heterocycles. The van der Waals surface area contributed by atoms with Gasteiger partial charge in [0.2, 0.25) is 0 Å².